The first-order chi connectivity index (χ1) is 7.06. The molecule has 1 rings (SSSR count). The number of benzene rings is 1. The van der Waals surface area contributed by atoms with Gasteiger partial charge in [0.15, 0.2) is 0 Å². The second-order valence-corrected chi connectivity index (χ2v) is 3.68. The highest BCUT2D eigenvalue weighted by Crippen LogP contribution is 2.25. The number of anilines is 1. The maximum absolute atomic E-state index is 13.1. The van der Waals surface area contributed by atoms with Gasteiger partial charge in [-0.2, -0.15) is 0 Å². The van der Waals surface area contributed by atoms with Crippen LogP contribution in [0, 0.1) is 5.82 Å². The Bertz CT molecular complexity index is 330. The molecule has 0 aromatic heterocycles. The molecule has 84 valence electrons. The van der Waals surface area contributed by atoms with Crippen molar-refractivity contribution in [3.05, 3.63) is 29.6 Å². The number of nitrogen functional groups attached to an aromatic ring is 1. The lowest BCUT2D eigenvalue weighted by Crippen LogP contribution is -2.24. The molecule has 2 atom stereocenters. The van der Waals surface area contributed by atoms with E-state index in [-0.39, 0.29) is 11.7 Å². The number of aliphatic hydroxyl groups excluding tert-OH is 1. The SMILES string of the molecule is CNC(C)CC(O)c1cccc(F)c1N. The first-order valence-corrected chi connectivity index (χ1v) is 4.95. The molecule has 0 aliphatic carbocycles. The Hall–Kier alpha value is -1.13. The van der Waals surface area contributed by atoms with Gasteiger partial charge < -0.3 is 16.2 Å². The minimum atomic E-state index is -0.733. The molecule has 0 amide bonds. The molecule has 1 aromatic rings. The molecule has 0 spiro atoms. The summed E-state index contributed by atoms with van der Waals surface area (Å²) < 4.78 is 13.1. The Kier molecular flexibility index (Phi) is 4.05. The van der Waals surface area contributed by atoms with Gasteiger partial charge in [-0.1, -0.05) is 12.1 Å². The van der Waals surface area contributed by atoms with Gasteiger partial charge in [0.25, 0.3) is 0 Å². The van der Waals surface area contributed by atoms with E-state index in [1.807, 2.05) is 14.0 Å². The zero-order valence-corrected chi connectivity index (χ0v) is 9.00. The molecule has 0 bridgehead atoms. The number of hydrogen-bond donors (Lipinski definition) is 3. The third-order valence-electron chi connectivity index (χ3n) is 2.52. The quantitative estimate of drug-likeness (QED) is 0.662. The minimum Gasteiger partial charge on any atom is -0.396 e. The molecule has 3 nitrogen and oxygen atoms in total. The first-order valence-electron chi connectivity index (χ1n) is 4.95. The van der Waals surface area contributed by atoms with Crippen molar-refractivity contribution < 1.29 is 9.50 Å². The summed E-state index contributed by atoms with van der Waals surface area (Å²) in [6.07, 6.45) is -0.229. The van der Waals surface area contributed by atoms with Gasteiger partial charge in [0.05, 0.1) is 11.8 Å². The summed E-state index contributed by atoms with van der Waals surface area (Å²) in [6, 6.07) is 4.63. The molecule has 2 unspecified atom stereocenters. The van der Waals surface area contributed by atoms with E-state index in [1.165, 1.54) is 6.07 Å². The Balaban J connectivity index is 2.82. The van der Waals surface area contributed by atoms with Crippen LogP contribution in [0.1, 0.15) is 25.0 Å². The highest BCUT2D eigenvalue weighted by molar-refractivity contribution is 5.49. The fraction of sp³-hybridized carbons (Fsp3) is 0.455. The molecule has 1 aromatic carbocycles. The smallest absolute Gasteiger partial charge is 0.146 e. The van der Waals surface area contributed by atoms with E-state index in [2.05, 4.69) is 5.32 Å². The number of aliphatic hydroxyl groups is 1. The van der Waals surface area contributed by atoms with E-state index in [0.717, 1.165) is 0 Å². The summed E-state index contributed by atoms with van der Waals surface area (Å²) in [5, 5.41) is 12.8. The van der Waals surface area contributed by atoms with E-state index in [0.29, 0.717) is 12.0 Å². The Morgan fingerprint density at radius 1 is 1.53 bits per heavy atom. The number of hydrogen-bond acceptors (Lipinski definition) is 3. The van der Waals surface area contributed by atoms with Crippen LogP contribution < -0.4 is 11.1 Å². The van der Waals surface area contributed by atoms with Crippen molar-refractivity contribution in [2.75, 3.05) is 12.8 Å². The molecule has 15 heavy (non-hydrogen) atoms. The maximum Gasteiger partial charge on any atom is 0.146 e. The van der Waals surface area contributed by atoms with E-state index in [9.17, 15) is 9.50 Å². The normalized spacial score (nSPS) is 14.9. The number of halogens is 1. The molecule has 4 N–H and O–H groups in total. The van der Waals surface area contributed by atoms with Crippen molar-refractivity contribution in [1.29, 1.82) is 0 Å². The number of nitrogens with one attached hydrogen (secondary N) is 1. The minimum absolute atomic E-state index is 0.0355. The topological polar surface area (TPSA) is 58.3 Å². The lowest BCUT2D eigenvalue weighted by Gasteiger charge is -2.17. The number of rotatable bonds is 4. The van der Waals surface area contributed by atoms with E-state index >= 15 is 0 Å². The van der Waals surface area contributed by atoms with Crippen molar-refractivity contribution in [2.24, 2.45) is 0 Å². The van der Waals surface area contributed by atoms with Crippen LogP contribution in [0.25, 0.3) is 0 Å². The largest absolute Gasteiger partial charge is 0.396 e. The van der Waals surface area contributed by atoms with E-state index in [4.69, 9.17) is 5.73 Å². The van der Waals surface area contributed by atoms with Crippen LogP contribution in [0.15, 0.2) is 18.2 Å². The number of nitrogens with two attached hydrogens (primary N) is 1. The second-order valence-electron chi connectivity index (χ2n) is 3.68. The molecule has 0 fully saturated rings. The first kappa shape index (κ1) is 11.9. The average Bonchev–Trinajstić information content (AvgIpc) is 2.21. The Labute approximate surface area is 89.1 Å². The van der Waals surface area contributed by atoms with Gasteiger partial charge in [0, 0.05) is 11.6 Å². The van der Waals surface area contributed by atoms with Crippen LogP contribution >= 0.6 is 0 Å². The van der Waals surface area contributed by atoms with E-state index in [1.54, 1.807) is 12.1 Å². The summed E-state index contributed by atoms with van der Waals surface area (Å²) in [5.41, 5.74) is 6.04. The van der Waals surface area contributed by atoms with Crippen molar-refractivity contribution in [3.63, 3.8) is 0 Å². The predicted octanol–water partition coefficient (Wildman–Crippen LogP) is 1.44. The Morgan fingerprint density at radius 2 is 2.20 bits per heavy atom. The predicted molar refractivity (Wildman–Crippen MR) is 58.9 cm³/mol. The van der Waals surface area contributed by atoms with Gasteiger partial charge in [0.2, 0.25) is 0 Å². The van der Waals surface area contributed by atoms with Crippen LogP contribution in [-0.2, 0) is 0 Å². The van der Waals surface area contributed by atoms with Crippen molar-refractivity contribution >= 4 is 5.69 Å². The van der Waals surface area contributed by atoms with Crippen molar-refractivity contribution in [1.82, 2.24) is 5.32 Å². The lowest BCUT2D eigenvalue weighted by atomic mass is 10.0. The molecule has 0 aliphatic heterocycles. The highest BCUT2D eigenvalue weighted by atomic mass is 19.1. The fourth-order valence-electron chi connectivity index (χ4n) is 1.42. The second kappa shape index (κ2) is 5.09. The van der Waals surface area contributed by atoms with Gasteiger partial charge in [-0.05, 0) is 26.5 Å². The fourth-order valence-corrected chi connectivity index (χ4v) is 1.42. The van der Waals surface area contributed by atoms with Gasteiger partial charge in [-0.25, -0.2) is 4.39 Å². The third-order valence-corrected chi connectivity index (χ3v) is 2.52. The van der Waals surface area contributed by atoms with Crippen LogP contribution in [0.5, 0.6) is 0 Å². The molecule has 0 saturated carbocycles. The Morgan fingerprint density at radius 3 is 2.80 bits per heavy atom. The zero-order chi connectivity index (χ0) is 11.4. The van der Waals surface area contributed by atoms with Crippen LogP contribution in [0.3, 0.4) is 0 Å². The highest BCUT2D eigenvalue weighted by Gasteiger charge is 2.15. The maximum atomic E-state index is 13.1. The van der Waals surface area contributed by atoms with Crippen molar-refractivity contribution in [2.45, 2.75) is 25.5 Å². The number of para-hydroxylation sites is 1. The average molecular weight is 212 g/mol. The van der Waals surface area contributed by atoms with Crippen LogP contribution in [-0.4, -0.2) is 18.2 Å². The van der Waals surface area contributed by atoms with Gasteiger partial charge >= 0.3 is 0 Å². The van der Waals surface area contributed by atoms with Gasteiger partial charge in [-0.15, -0.1) is 0 Å². The monoisotopic (exact) mass is 212 g/mol. The lowest BCUT2D eigenvalue weighted by molar-refractivity contribution is 0.156. The zero-order valence-electron chi connectivity index (χ0n) is 9.00. The van der Waals surface area contributed by atoms with Crippen LogP contribution in [0.4, 0.5) is 10.1 Å². The third kappa shape index (κ3) is 2.91. The van der Waals surface area contributed by atoms with Crippen molar-refractivity contribution in [3.8, 4) is 0 Å². The van der Waals surface area contributed by atoms with Gasteiger partial charge in [0.1, 0.15) is 5.82 Å². The molecule has 0 heterocycles. The molecule has 0 radical (unpaired) electrons. The van der Waals surface area contributed by atoms with Crippen LogP contribution in [0.2, 0.25) is 0 Å². The molecular formula is C11H17FN2O. The summed E-state index contributed by atoms with van der Waals surface area (Å²) in [6.45, 7) is 1.94. The molecular weight excluding hydrogens is 195 g/mol. The van der Waals surface area contributed by atoms with E-state index < -0.39 is 11.9 Å². The molecule has 0 aliphatic rings. The summed E-state index contributed by atoms with van der Waals surface area (Å²) in [7, 11) is 1.81. The molecule has 0 saturated heterocycles. The molecule has 4 heteroatoms. The van der Waals surface area contributed by atoms with Gasteiger partial charge in [-0.3, -0.25) is 0 Å². The summed E-state index contributed by atoms with van der Waals surface area (Å²) in [4.78, 5) is 0. The summed E-state index contributed by atoms with van der Waals surface area (Å²) >= 11 is 0. The summed E-state index contributed by atoms with van der Waals surface area (Å²) in [5.74, 6) is -0.483. The standard InChI is InChI=1S/C11H17FN2O/c1-7(14-2)6-10(15)8-4-3-5-9(12)11(8)13/h3-5,7,10,14-15H,6,13H2,1-2H3.